The van der Waals surface area contributed by atoms with Crippen LogP contribution < -0.4 is 0 Å². The van der Waals surface area contributed by atoms with Crippen molar-refractivity contribution in [2.75, 3.05) is 5.75 Å². The first kappa shape index (κ1) is 19.9. The van der Waals surface area contributed by atoms with Gasteiger partial charge in [0.05, 0.1) is 11.7 Å². The van der Waals surface area contributed by atoms with Crippen molar-refractivity contribution < 1.29 is 32.8 Å². The summed E-state index contributed by atoms with van der Waals surface area (Å²) in [6.07, 6.45) is 5.08. The molecule has 0 heterocycles. The zero-order chi connectivity index (χ0) is 19.4. The predicted octanol–water partition coefficient (Wildman–Crippen LogP) is 2.26. The second-order valence-corrected chi connectivity index (χ2v) is 7.69. The number of carboxylic acid groups (broad SMARTS) is 2. The third-order valence-corrected chi connectivity index (χ3v) is 5.31. The van der Waals surface area contributed by atoms with E-state index in [4.69, 9.17) is 4.55 Å². The lowest BCUT2D eigenvalue weighted by Gasteiger charge is -2.38. The second kappa shape index (κ2) is 7.84. The molecule has 0 spiro atoms. The molecular weight excluding hydrogens is 360 g/mol. The number of hydrogen-bond donors (Lipinski definition) is 3. The van der Waals surface area contributed by atoms with Crippen LogP contribution in [0.4, 0.5) is 0 Å². The fourth-order valence-corrected chi connectivity index (χ4v) is 3.94. The molecule has 140 valence electrons. The van der Waals surface area contributed by atoms with Gasteiger partial charge in [0.15, 0.2) is 0 Å². The normalized spacial score (nSPS) is 22.7. The SMILES string of the molecule is O=C(O)C1C=CC=C(CCCCS(=O)(=O)O)C1(C(=O)O)c1ccccc1. The highest BCUT2D eigenvalue weighted by molar-refractivity contribution is 7.85. The molecule has 2 rings (SSSR count). The molecule has 0 fully saturated rings. The molecule has 0 radical (unpaired) electrons. The van der Waals surface area contributed by atoms with Crippen LogP contribution in [0.3, 0.4) is 0 Å². The molecule has 0 aromatic heterocycles. The summed E-state index contributed by atoms with van der Waals surface area (Å²) >= 11 is 0. The van der Waals surface area contributed by atoms with Crippen LogP contribution in [0.2, 0.25) is 0 Å². The molecule has 7 nitrogen and oxygen atoms in total. The Balaban J connectivity index is 2.43. The summed E-state index contributed by atoms with van der Waals surface area (Å²) in [6.45, 7) is 0. The van der Waals surface area contributed by atoms with Crippen LogP contribution in [-0.4, -0.2) is 40.9 Å². The highest BCUT2D eigenvalue weighted by Crippen LogP contribution is 2.45. The first-order valence-corrected chi connectivity index (χ1v) is 9.65. The van der Waals surface area contributed by atoms with Crippen LogP contribution in [0.5, 0.6) is 0 Å². The maximum absolute atomic E-state index is 12.3. The van der Waals surface area contributed by atoms with E-state index in [-0.39, 0.29) is 12.8 Å². The van der Waals surface area contributed by atoms with Crippen molar-refractivity contribution >= 4 is 22.1 Å². The summed E-state index contributed by atoms with van der Waals surface area (Å²) in [5.74, 6) is -4.24. The van der Waals surface area contributed by atoms with E-state index in [0.29, 0.717) is 17.6 Å². The van der Waals surface area contributed by atoms with E-state index in [1.165, 1.54) is 12.2 Å². The van der Waals surface area contributed by atoms with Crippen molar-refractivity contribution in [1.29, 1.82) is 0 Å². The molecule has 3 N–H and O–H groups in total. The zero-order valence-corrected chi connectivity index (χ0v) is 14.7. The number of aliphatic carboxylic acids is 2. The standard InChI is InChI=1S/C18H20O7S/c19-16(20)15-11-6-10-14(9-4-5-12-26(23,24)25)18(15,17(21)22)13-7-2-1-3-8-13/h1-3,6-8,10-11,15H,4-5,9,12H2,(H,19,20)(H,21,22)(H,23,24,25). The first-order chi connectivity index (χ1) is 12.2. The molecule has 2 atom stereocenters. The average molecular weight is 380 g/mol. The van der Waals surface area contributed by atoms with Crippen LogP contribution in [0.25, 0.3) is 0 Å². The minimum absolute atomic E-state index is 0.141. The number of rotatable bonds is 8. The molecule has 2 unspecified atom stereocenters. The lowest BCUT2D eigenvalue weighted by molar-refractivity contribution is -0.152. The molecule has 8 heteroatoms. The van der Waals surface area contributed by atoms with Crippen molar-refractivity contribution in [3.8, 4) is 0 Å². The molecule has 1 aromatic rings. The minimum atomic E-state index is -4.09. The summed E-state index contributed by atoms with van der Waals surface area (Å²) in [4.78, 5) is 24.1. The minimum Gasteiger partial charge on any atom is -0.481 e. The summed E-state index contributed by atoms with van der Waals surface area (Å²) in [5, 5.41) is 19.7. The fraction of sp³-hybridized carbons (Fsp3) is 0.333. The van der Waals surface area contributed by atoms with E-state index < -0.39 is 39.1 Å². The Morgan fingerprint density at radius 2 is 1.73 bits per heavy atom. The Labute approximate surface area is 151 Å². The monoisotopic (exact) mass is 380 g/mol. The van der Waals surface area contributed by atoms with Gasteiger partial charge in [-0.05, 0) is 30.4 Å². The third-order valence-electron chi connectivity index (χ3n) is 4.50. The Morgan fingerprint density at radius 3 is 2.27 bits per heavy atom. The van der Waals surface area contributed by atoms with Gasteiger partial charge >= 0.3 is 11.9 Å². The topological polar surface area (TPSA) is 129 Å². The van der Waals surface area contributed by atoms with E-state index in [9.17, 15) is 28.2 Å². The highest BCUT2D eigenvalue weighted by atomic mass is 32.2. The lowest BCUT2D eigenvalue weighted by Crippen LogP contribution is -2.48. The Morgan fingerprint density at radius 1 is 1.08 bits per heavy atom. The van der Waals surface area contributed by atoms with Crippen molar-refractivity contribution in [2.24, 2.45) is 5.92 Å². The van der Waals surface area contributed by atoms with Crippen LogP contribution in [0, 0.1) is 5.92 Å². The van der Waals surface area contributed by atoms with E-state index >= 15 is 0 Å². The van der Waals surface area contributed by atoms with Gasteiger partial charge in [0.2, 0.25) is 0 Å². The van der Waals surface area contributed by atoms with E-state index in [2.05, 4.69) is 0 Å². The number of hydrogen-bond acceptors (Lipinski definition) is 4. The molecule has 1 aromatic carbocycles. The molecule has 0 saturated carbocycles. The number of benzene rings is 1. The van der Waals surface area contributed by atoms with Crippen LogP contribution in [0.1, 0.15) is 24.8 Å². The maximum atomic E-state index is 12.3. The van der Waals surface area contributed by atoms with Gasteiger partial charge in [0.25, 0.3) is 10.1 Å². The van der Waals surface area contributed by atoms with Gasteiger partial charge < -0.3 is 10.2 Å². The molecule has 1 aliphatic rings. The van der Waals surface area contributed by atoms with E-state index in [1.807, 2.05) is 0 Å². The summed E-state index contributed by atoms with van der Waals surface area (Å²) in [7, 11) is -4.09. The highest BCUT2D eigenvalue weighted by Gasteiger charge is 2.53. The predicted molar refractivity (Wildman–Crippen MR) is 94.4 cm³/mol. The molecule has 0 aliphatic heterocycles. The molecular formula is C18H20O7S. The van der Waals surface area contributed by atoms with Crippen LogP contribution in [0.15, 0.2) is 54.1 Å². The Kier molecular flexibility index (Phi) is 5.99. The van der Waals surface area contributed by atoms with Gasteiger partial charge in [-0.2, -0.15) is 8.42 Å². The summed E-state index contributed by atoms with van der Waals surface area (Å²) < 4.78 is 30.5. The van der Waals surface area contributed by atoms with Crippen LogP contribution >= 0.6 is 0 Å². The van der Waals surface area contributed by atoms with Crippen molar-refractivity contribution in [3.63, 3.8) is 0 Å². The van der Waals surface area contributed by atoms with Crippen molar-refractivity contribution in [3.05, 3.63) is 59.7 Å². The zero-order valence-electron chi connectivity index (χ0n) is 13.9. The lowest BCUT2D eigenvalue weighted by atomic mass is 9.62. The van der Waals surface area contributed by atoms with Gasteiger partial charge in [-0.25, -0.2) is 0 Å². The summed E-state index contributed by atoms with van der Waals surface area (Å²) in [6, 6.07) is 8.16. The molecule has 26 heavy (non-hydrogen) atoms. The van der Waals surface area contributed by atoms with Gasteiger partial charge in [0, 0.05) is 0 Å². The van der Waals surface area contributed by atoms with Gasteiger partial charge in [-0.1, -0.05) is 48.6 Å². The van der Waals surface area contributed by atoms with Gasteiger partial charge in [0.1, 0.15) is 5.41 Å². The molecule has 1 aliphatic carbocycles. The smallest absolute Gasteiger partial charge is 0.319 e. The Bertz CT molecular complexity index is 840. The third kappa shape index (κ3) is 4.03. The van der Waals surface area contributed by atoms with E-state index in [0.717, 1.165) is 0 Å². The quantitative estimate of drug-likeness (QED) is 0.466. The van der Waals surface area contributed by atoms with E-state index in [1.54, 1.807) is 36.4 Å². The molecule has 0 amide bonds. The second-order valence-electron chi connectivity index (χ2n) is 6.12. The molecule has 0 bridgehead atoms. The van der Waals surface area contributed by atoms with Crippen molar-refractivity contribution in [2.45, 2.75) is 24.7 Å². The van der Waals surface area contributed by atoms with Crippen LogP contribution in [-0.2, 0) is 25.1 Å². The Hall–Kier alpha value is -2.45. The number of carboxylic acids is 2. The first-order valence-electron chi connectivity index (χ1n) is 8.04. The largest absolute Gasteiger partial charge is 0.481 e. The fourth-order valence-electron chi connectivity index (χ4n) is 3.37. The number of allylic oxidation sites excluding steroid dienone is 2. The van der Waals surface area contributed by atoms with Gasteiger partial charge in [-0.15, -0.1) is 0 Å². The maximum Gasteiger partial charge on any atom is 0.319 e. The number of carbonyl (C=O) groups is 2. The number of unbranched alkanes of at least 4 members (excludes halogenated alkanes) is 1. The molecule has 0 saturated heterocycles. The van der Waals surface area contributed by atoms with Gasteiger partial charge in [-0.3, -0.25) is 14.1 Å². The van der Waals surface area contributed by atoms with Crippen molar-refractivity contribution in [1.82, 2.24) is 0 Å². The average Bonchev–Trinajstić information content (AvgIpc) is 2.57. The summed E-state index contributed by atoms with van der Waals surface area (Å²) in [5.41, 5.74) is -1.02.